The lowest BCUT2D eigenvalue weighted by Crippen LogP contribution is -2.04. The van der Waals surface area contributed by atoms with Crippen molar-refractivity contribution in [2.45, 2.75) is 12.3 Å². The van der Waals surface area contributed by atoms with Crippen LogP contribution in [0.4, 0.5) is 0 Å². The van der Waals surface area contributed by atoms with Crippen LogP contribution in [-0.2, 0) is 4.79 Å². The van der Waals surface area contributed by atoms with Gasteiger partial charge in [0.25, 0.3) is 0 Å². The fraction of sp³-hybridized carbons (Fsp3) is 0.250. The second-order valence-corrected chi connectivity index (χ2v) is 3.09. The molecule has 0 aromatic heterocycles. The van der Waals surface area contributed by atoms with E-state index < -0.39 is 5.97 Å². The highest BCUT2D eigenvalue weighted by molar-refractivity contribution is 5.68. The lowest BCUT2D eigenvalue weighted by atomic mass is 9.97. The summed E-state index contributed by atoms with van der Waals surface area (Å²) in [4.78, 5) is 10.5. The molecule has 0 aliphatic carbocycles. The Hall–Kier alpha value is -1.95. The van der Waals surface area contributed by atoms with E-state index in [1.54, 1.807) is 31.4 Å². The third kappa shape index (κ3) is 3.03. The maximum atomic E-state index is 10.5. The van der Waals surface area contributed by atoms with Gasteiger partial charge in [-0.2, -0.15) is 0 Å². The molecule has 3 heteroatoms. The van der Waals surface area contributed by atoms with Crippen molar-refractivity contribution in [2.75, 3.05) is 7.11 Å². The molecule has 0 amide bonds. The van der Waals surface area contributed by atoms with Crippen LogP contribution in [0, 0.1) is 12.3 Å². The predicted molar refractivity (Wildman–Crippen MR) is 56.8 cm³/mol. The molecule has 0 bridgehead atoms. The molecule has 0 saturated heterocycles. The Labute approximate surface area is 88.7 Å². The summed E-state index contributed by atoms with van der Waals surface area (Å²) >= 11 is 0. The van der Waals surface area contributed by atoms with Crippen LogP contribution in [0.3, 0.4) is 0 Å². The molecule has 0 aliphatic heterocycles. The van der Waals surface area contributed by atoms with E-state index in [0.717, 1.165) is 11.3 Å². The molecule has 1 atom stereocenters. The van der Waals surface area contributed by atoms with Gasteiger partial charge in [-0.3, -0.25) is 4.79 Å². The van der Waals surface area contributed by atoms with E-state index in [2.05, 4.69) is 5.92 Å². The Kier molecular flexibility index (Phi) is 3.75. The zero-order chi connectivity index (χ0) is 11.3. The van der Waals surface area contributed by atoms with Crippen molar-refractivity contribution >= 4 is 5.97 Å². The number of aliphatic carboxylic acids is 1. The van der Waals surface area contributed by atoms with Gasteiger partial charge in [0.05, 0.1) is 19.4 Å². The fourth-order valence-corrected chi connectivity index (χ4v) is 1.28. The van der Waals surface area contributed by atoms with E-state index in [4.69, 9.17) is 16.3 Å². The van der Waals surface area contributed by atoms with Crippen LogP contribution in [0.5, 0.6) is 5.75 Å². The minimum atomic E-state index is -0.895. The Morgan fingerprint density at radius 3 is 2.53 bits per heavy atom. The fourth-order valence-electron chi connectivity index (χ4n) is 1.28. The zero-order valence-corrected chi connectivity index (χ0v) is 8.43. The minimum absolute atomic E-state index is 0.0527. The molecule has 1 aromatic carbocycles. The lowest BCUT2D eigenvalue weighted by molar-refractivity contribution is -0.137. The summed E-state index contributed by atoms with van der Waals surface area (Å²) in [6.07, 6.45) is 5.23. The number of hydrogen-bond acceptors (Lipinski definition) is 2. The molecule has 78 valence electrons. The number of carboxylic acids is 1. The number of carboxylic acid groups (broad SMARTS) is 1. The summed E-state index contributed by atoms with van der Waals surface area (Å²) in [5, 5.41) is 8.66. The maximum Gasteiger partial charge on any atom is 0.304 e. The minimum Gasteiger partial charge on any atom is -0.497 e. The predicted octanol–water partition coefficient (Wildman–Crippen LogP) is 1.89. The highest BCUT2D eigenvalue weighted by atomic mass is 16.5. The van der Waals surface area contributed by atoms with Gasteiger partial charge in [-0.15, -0.1) is 6.42 Å². The molecule has 0 heterocycles. The van der Waals surface area contributed by atoms with Crippen molar-refractivity contribution in [2.24, 2.45) is 0 Å². The quantitative estimate of drug-likeness (QED) is 0.762. The summed E-state index contributed by atoms with van der Waals surface area (Å²) in [5.74, 6) is 1.92. The molecular weight excluding hydrogens is 192 g/mol. The summed E-state index contributed by atoms with van der Waals surface area (Å²) in [5.41, 5.74) is 0.820. The zero-order valence-electron chi connectivity index (χ0n) is 8.43. The van der Waals surface area contributed by atoms with Gasteiger partial charge in [0.15, 0.2) is 0 Å². The Morgan fingerprint density at radius 1 is 1.53 bits per heavy atom. The number of rotatable bonds is 4. The van der Waals surface area contributed by atoms with Crippen molar-refractivity contribution in [1.82, 2.24) is 0 Å². The van der Waals surface area contributed by atoms with Crippen molar-refractivity contribution in [3.8, 4) is 18.1 Å². The molecule has 0 radical (unpaired) electrons. The van der Waals surface area contributed by atoms with E-state index in [1.807, 2.05) is 0 Å². The lowest BCUT2D eigenvalue weighted by Gasteiger charge is -2.08. The van der Waals surface area contributed by atoms with E-state index in [9.17, 15) is 4.79 Å². The number of benzene rings is 1. The van der Waals surface area contributed by atoms with Gasteiger partial charge >= 0.3 is 5.97 Å². The highest BCUT2D eigenvalue weighted by Gasteiger charge is 2.12. The Bertz CT molecular complexity index is 373. The van der Waals surface area contributed by atoms with Crippen LogP contribution in [0.2, 0.25) is 0 Å². The first-order valence-corrected chi connectivity index (χ1v) is 4.49. The molecule has 1 aromatic rings. The second-order valence-electron chi connectivity index (χ2n) is 3.09. The molecule has 0 aliphatic rings. The molecule has 15 heavy (non-hydrogen) atoms. The smallest absolute Gasteiger partial charge is 0.304 e. The number of methoxy groups -OCH3 is 1. The van der Waals surface area contributed by atoms with Gasteiger partial charge in [-0.25, -0.2) is 0 Å². The van der Waals surface area contributed by atoms with Crippen LogP contribution in [0.25, 0.3) is 0 Å². The molecule has 0 saturated carbocycles. The molecule has 1 rings (SSSR count). The summed E-state index contributed by atoms with van der Waals surface area (Å²) in [6, 6.07) is 7.10. The monoisotopic (exact) mass is 204 g/mol. The number of terminal acetylenes is 1. The first-order valence-electron chi connectivity index (χ1n) is 4.49. The largest absolute Gasteiger partial charge is 0.497 e. The van der Waals surface area contributed by atoms with Crippen LogP contribution in [0.15, 0.2) is 24.3 Å². The van der Waals surface area contributed by atoms with E-state index in [-0.39, 0.29) is 12.3 Å². The van der Waals surface area contributed by atoms with Crippen LogP contribution in [0.1, 0.15) is 17.9 Å². The van der Waals surface area contributed by atoms with Crippen molar-refractivity contribution in [3.05, 3.63) is 29.8 Å². The third-order valence-electron chi connectivity index (χ3n) is 2.10. The average Bonchev–Trinajstić information content (AvgIpc) is 2.26. The maximum absolute atomic E-state index is 10.5. The van der Waals surface area contributed by atoms with Gasteiger partial charge in [0, 0.05) is 0 Å². The number of ether oxygens (including phenoxy) is 1. The van der Waals surface area contributed by atoms with E-state index in [0.29, 0.717) is 0 Å². The topological polar surface area (TPSA) is 46.5 Å². The third-order valence-corrected chi connectivity index (χ3v) is 2.10. The first-order chi connectivity index (χ1) is 7.17. The Morgan fingerprint density at radius 2 is 2.13 bits per heavy atom. The SMILES string of the molecule is C#C[C@@H](CC(=O)O)c1ccc(OC)cc1. The van der Waals surface area contributed by atoms with E-state index >= 15 is 0 Å². The molecule has 1 N–H and O–H groups in total. The normalized spacial score (nSPS) is 11.5. The number of carbonyl (C=O) groups is 1. The van der Waals surface area contributed by atoms with Crippen LogP contribution >= 0.6 is 0 Å². The van der Waals surface area contributed by atoms with Crippen molar-refractivity contribution < 1.29 is 14.6 Å². The van der Waals surface area contributed by atoms with E-state index in [1.165, 1.54) is 0 Å². The first kappa shape index (κ1) is 11.1. The van der Waals surface area contributed by atoms with Gasteiger partial charge in [-0.05, 0) is 17.7 Å². The summed E-state index contributed by atoms with van der Waals surface area (Å²) in [7, 11) is 1.57. The highest BCUT2D eigenvalue weighted by Crippen LogP contribution is 2.21. The second kappa shape index (κ2) is 5.06. The number of hydrogen-bond donors (Lipinski definition) is 1. The van der Waals surface area contributed by atoms with Gasteiger partial charge < -0.3 is 9.84 Å². The molecular formula is C12H12O3. The van der Waals surface area contributed by atoms with Gasteiger partial charge in [0.1, 0.15) is 5.75 Å². The molecule has 3 nitrogen and oxygen atoms in total. The molecule has 0 spiro atoms. The van der Waals surface area contributed by atoms with Crippen molar-refractivity contribution in [3.63, 3.8) is 0 Å². The molecule has 0 fully saturated rings. The average molecular weight is 204 g/mol. The van der Waals surface area contributed by atoms with Crippen LogP contribution in [-0.4, -0.2) is 18.2 Å². The van der Waals surface area contributed by atoms with Gasteiger partial charge in [0.2, 0.25) is 0 Å². The van der Waals surface area contributed by atoms with Crippen LogP contribution < -0.4 is 4.74 Å². The van der Waals surface area contributed by atoms with Crippen molar-refractivity contribution in [1.29, 1.82) is 0 Å². The van der Waals surface area contributed by atoms with Gasteiger partial charge in [-0.1, -0.05) is 18.1 Å². The summed E-state index contributed by atoms with van der Waals surface area (Å²) < 4.78 is 5.00. The standard InChI is InChI=1S/C12H12O3/c1-3-9(8-12(13)14)10-4-6-11(15-2)7-5-10/h1,4-7,9H,8H2,2H3,(H,13,14)/t9-/m0/s1. The Balaban J connectivity index is 2.84. The summed E-state index contributed by atoms with van der Waals surface area (Å²) in [6.45, 7) is 0. The molecule has 0 unspecified atom stereocenters.